The van der Waals surface area contributed by atoms with E-state index in [4.69, 9.17) is 4.42 Å². The van der Waals surface area contributed by atoms with Crippen LogP contribution in [0.25, 0.3) is 0 Å². The van der Waals surface area contributed by atoms with Gasteiger partial charge < -0.3 is 20.4 Å². The molecule has 0 saturated heterocycles. The summed E-state index contributed by atoms with van der Waals surface area (Å²) in [6.07, 6.45) is 2.04. The molecule has 112 valence electrons. The van der Waals surface area contributed by atoms with E-state index in [0.29, 0.717) is 31.5 Å². The van der Waals surface area contributed by atoms with Gasteiger partial charge in [0.2, 0.25) is 11.8 Å². The molecule has 1 aromatic heterocycles. The fourth-order valence-electron chi connectivity index (χ4n) is 1.58. The standard InChI is InChI=1S/C13H23N5O2/c1-13(2,3)16-8-10-17-18-12(20-10)15-7-6-14-11(19)9-4-5-9/h9,16H,4-8H2,1-3H3,(H,14,19)(H,15,18). The van der Waals surface area contributed by atoms with E-state index in [0.717, 1.165) is 12.8 Å². The Morgan fingerprint density at radius 2 is 2.05 bits per heavy atom. The van der Waals surface area contributed by atoms with Crippen LogP contribution in [0.3, 0.4) is 0 Å². The Kier molecular flexibility index (Phi) is 4.59. The maximum atomic E-state index is 11.4. The lowest BCUT2D eigenvalue weighted by molar-refractivity contribution is -0.122. The molecule has 0 unspecified atom stereocenters. The molecule has 3 N–H and O–H groups in total. The molecule has 0 spiro atoms. The maximum Gasteiger partial charge on any atom is 0.315 e. The number of amides is 1. The molecule has 0 radical (unpaired) electrons. The van der Waals surface area contributed by atoms with Crippen molar-refractivity contribution < 1.29 is 9.21 Å². The van der Waals surface area contributed by atoms with Crippen molar-refractivity contribution in [2.45, 2.75) is 45.7 Å². The minimum atomic E-state index is 0.00908. The first-order chi connectivity index (χ1) is 9.44. The molecule has 1 aliphatic carbocycles. The first kappa shape index (κ1) is 14.8. The van der Waals surface area contributed by atoms with Crippen molar-refractivity contribution in [1.82, 2.24) is 20.8 Å². The summed E-state index contributed by atoms with van der Waals surface area (Å²) in [5.74, 6) is 0.935. The predicted octanol–water partition coefficient (Wildman–Crippen LogP) is 0.896. The van der Waals surface area contributed by atoms with Gasteiger partial charge in [0, 0.05) is 24.5 Å². The van der Waals surface area contributed by atoms with E-state index < -0.39 is 0 Å². The molecule has 1 fully saturated rings. The zero-order valence-corrected chi connectivity index (χ0v) is 12.3. The van der Waals surface area contributed by atoms with Crippen molar-refractivity contribution in [3.63, 3.8) is 0 Å². The lowest BCUT2D eigenvalue weighted by Gasteiger charge is -2.18. The summed E-state index contributed by atoms with van der Waals surface area (Å²) < 4.78 is 5.44. The smallest absolute Gasteiger partial charge is 0.315 e. The Bertz CT molecular complexity index is 448. The van der Waals surface area contributed by atoms with Gasteiger partial charge in [0.25, 0.3) is 0 Å². The molecule has 2 rings (SSSR count). The molecule has 1 aliphatic rings. The van der Waals surface area contributed by atoms with Crippen molar-refractivity contribution in [2.75, 3.05) is 18.4 Å². The summed E-state index contributed by atoms with van der Waals surface area (Å²) in [5.41, 5.74) is 0.00908. The van der Waals surface area contributed by atoms with Gasteiger partial charge >= 0.3 is 6.01 Å². The molecule has 1 heterocycles. The Balaban J connectivity index is 1.63. The van der Waals surface area contributed by atoms with Gasteiger partial charge in [-0.2, -0.15) is 0 Å². The van der Waals surface area contributed by atoms with Gasteiger partial charge in [0.05, 0.1) is 6.54 Å². The van der Waals surface area contributed by atoms with Gasteiger partial charge in [-0.15, -0.1) is 5.10 Å². The fraction of sp³-hybridized carbons (Fsp3) is 0.769. The van der Waals surface area contributed by atoms with E-state index >= 15 is 0 Å². The van der Waals surface area contributed by atoms with Crippen LogP contribution < -0.4 is 16.0 Å². The predicted molar refractivity (Wildman–Crippen MR) is 75.1 cm³/mol. The molecule has 20 heavy (non-hydrogen) atoms. The normalized spacial score (nSPS) is 15.2. The second-order valence-corrected chi connectivity index (χ2v) is 6.10. The van der Waals surface area contributed by atoms with E-state index in [2.05, 4.69) is 46.9 Å². The molecule has 0 atom stereocenters. The second-order valence-electron chi connectivity index (χ2n) is 6.10. The van der Waals surface area contributed by atoms with Gasteiger partial charge in [-0.25, -0.2) is 0 Å². The third kappa shape index (κ3) is 5.16. The number of carbonyl (C=O) groups excluding carboxylic acids is 1. The minimum absolute atomic E-state index is 0.00908. The quantitative estimate of drug-likeness (QED) is 0.643. The van der Waals surface area contributed by atoms with Gasteiger partial charge in [-0.3, -0.25) is 4.79 Å². The number of nitrogens with zero attached hydrogens (tertiary/aromatic N) is 2. The third-order valence-electron chi connectivity index (χ3n) is 2.89. The average Bonchev–Trinajstić information content (AvgIpc) is 3.12. The molecule has 1 aromatic rings. The Hall–Kier alpha value is -1.63. The van der Waals surface area contributed by atoms with Gasteiger partial charge in [0.15, 0.2) is 0 Å². The third-order valence-corrected chi connectivity index (χ3v) is 2.89. The van der Waals surface area contributed by atoms with E-state index in [-0.39, 0.29) is 17.4 Å². The summed E-state index contributed by atoms with van der Waals surface area (Å²) in [4.78, 5) is 11.4. The Morgan fingerprint density at radius 3 is 2.70 bits per heavy atom. The van der Waals surface area contributed by atoms with E-state index in [1.54, 1.807) is 0 Å². The zero-order valence-electron chi connectivity index (χ0n) is 12.3. The summed E-state index contributed by atoms with van der Waals surface area (Å²) in [6.45, 7) is 7.90. The first-order valence-corrected chi connectivity index (χ1v) is 7.03. The highest BCUT2D eigenvalue weighted by Crippen LogP contribution is 2.28. The monoisotopic (exact) mass is 281 g/mol. The number of nitrogens with one attached hydrogen (secondary N) is 3. The SMILES string of the molecule is CC(C)(C)NCc1nnc(NCCNC(=O)C2CC2)o1. The van der Waals surface area contributed by atoms with Crippen molar-refractivity contribution >= 4 is 11.9 Å². The van der Waals surface area contributed by atoms with Gasteiger partial charge in [-0.1, -0.05) is 5.10 Å². The molecular formula is C13H23N5O2. The molecule has 7 nitrogen and oxygen atoms in total. The Labute approximate surface area is 118 Å². The highest BCUT2D eigenvalue weighted by atomic mass is 16.4. The summed E-state index contributed by atoms with van der Waals surface area (Å²) in [7, 11) is 0. The number of aromatic nitrogens is 2. The summed E-state index contributed by atoms with van der Waals surface area (Å²) in [5, 5.41) is 17.0. The lowest BCUT2D eigenvalue weighted by atomic mass is 10.1. The number of carbonyl (C=O) groups is 1. The summed E-state index contributed by atoms with van der Waals surface area (Å²) >= 11 is 0. The van der Waals surface area contributed by atoms with E-state index in [1.165, 1.54) is 0 Å². The number of hydrogen-bond donors (Lipinski definition) is 3. The average molecular weight is 281 g/mol. The molecule has 1 amide bonds. The second kappa shape index (κ2) is 6.21. The van der Waals surface area contributed by atoms with Crippen LogP contribution >= 0.6 is 0 Å². The molecule has 0 bridgehead atoms. The van der Waals surface area contributed by atoms with Gasteiger partial charge in [-0.05, 0) is 33.6 Å². The molecular weight excluding hydrogens is 258 g/mol. The fourth-order valence-corrected chi connectivity index (χ4v) is 1.58. The van der Waals surface area contributed by atoms with Crippen molar-refractivity contribution in [3.05, 3.63) is 5.89 Å². The molecule has 0 aromatic carbocycles. The van der Waals surface area contributed by atoms with E-state index in [9.17, 15) is 4.79 Å². The number of hydrogen-bond acceptors (Lipinski definition) is 6. The van der Waals surface area contributed by atoms with Crippen LogP contribution in [0.1, 0.15) is 39.5 Å². The maximum absolute atomic E-state index is 11.4. The number of anilines is 1. The lowest BCUT2D eigenvalue weighted by Crippen LogP contribution is -2.35. The topological polar surface area (TPSA) is 92.1 Å². The van der Waals surface area contributed by atoms with Crippen molar-refractivity contribution in [3.8, 4) is 0 Å². The van der Waals surface area contributed by atoms with Crippen LogP contribution in [0.2, 0.25) is 0 Å². The Morgan fingerprint density at radius 1 is 1.30 bits per heavy atom. The van der Waals surface area contributed by atoms with Crippen LogP contribution in [0.5, 0.6) is 0 Å². The molecule has 7 heteroatoms. The van der Waals surface area contributed by atoms with Crippen molar-refractivity contribution in [2.24, 2.45) is 5.92 Å². The van der Waals surface area contributed by atoms with Crippen molar-refractivity contribution in [1.29, 1.82) is 0 Å². The van der Waals surface area contributed by atoms with E-state index in [1.807, 2.05) is 0 Å². The minimum Gasteiger partial charge on any atom is -0.407 e. The van der Waals surface area contributed by atoms with Crippen LogP contribution in [-0.2, 0) is 11.3 Å². The first-order valence-electron chi connectivity index (χ1n) is 7.03. The molecule has 0 aliphatic heterocycles. The molecule has 1 saturated carbocycles. The zero-order chi connectivity index (χ0) is 14.6. The number of rotatable bonds is 7. The highest BCUT2D eigenvalue weighted by molar-refractivity contribution is 5.80. The largest absolute Gasteiger partial charge is 0.407 e. The van der Waals surface area contributed by atoms with Crippen LogP contribution in [-0.4, -0.2) is 34.7 Å². The van der Waals surface area contributed by atoms with Gasteiger partial charge in [0.1, 0.15) is 0 Å². The highest BCUT2D eigenvalue weighted by Gasteiger charge is 2.28. The van der Waals surface area contributed by atoms with Crippen LogP contribution in [0.15, 0.2) is 4.42 Å². The van der Waals surface area contributed by atoms with Crippen LogP contribution in [0, 0.1) is 5.92 Å². The van der Waals surface area contributed by atoms with Crippen LogP contribution in [0.4, 0.5) is 6.01 Å². The summed E-state index contributed by atoms with van der Waals surface area (Å²) in [6, 6.07) is 0.386.